The van der Waals surface area contributed by atoms with Gasteiger partial charge >= 0.3 is 12.1 Å². The SMILES string of the molecule is CC(C)C[C@@H](NC(=O)OCC1c2ccccc2-c2ccccc21)C(=O)NCC1(C(=O)O)CC1. The highest BCUT2D eigenvalue weighted by Crippen LogP contribution is 2.45. The second-order valence-corrected chi connectivity index (χ2v) is 9.46. The molecule has 7 nitrogen and oxygen atoms in total. The third-order valence-electron chi connectivity index (χ3n) is 6.57. The predicted octanol–water partition coefficient (Wildman–Crippen LogP) is 3.92. The lowest BCUT2D eigenvalue weighted by Gasteiger charge is -2.22. The highest BCUT2D eigenvalue weighted by atomic mass is 16.5. The molecule has 1 atom stereocenters. The number of ether oxygens (including phenoxy) is 1. The van der Waals surface area contributed by atoms with Gasteiger partial charge < -0.3 is 20.5 Å². The maximum absolute atomic E-state index is 12.7. The summed E-state index contributed by atoms with van der Waals surface area (Å²) in [5.74, 6) is -1.19. The number of rotatable bonds is 9. The average Bonchev–Trinajstić information content (AvgIpc) is 3.52. The number of hydrogen-bond donors (Lipinski definition) is 3. The molecule has 7 heteroatoms. The zero-order valence-electron chi connectivity index (χ0n) is 19.0. The molecule has 2 aliphatic rings. The molecule has 2 amide bonds. The van der Waals surface area contributed by atoms with Gasteiger partial charge in [0.05, 0.1) is 5.41 Å². The van der Waals surface area contributed by atoms with E-state index >= 15 is 0 Å². The Labute approximate surface area is 193 Å². The van der Waals surface area contributed by atoms with E-state index in [1.54, 1.807) is 0 Å². The second-order valence-electron chi connectivity index (χ2n) is 9.46. The first-order valence-corrected chi connectivity index (χ1v) is 11.4. The number of carboxylic acids is 1. The summed E-state index contributed by atoms with van der Waals surface area (Å²) in [5, 5.41) is 14.7. The van der Waals surface area contributed by atoms with Crippen LogP contribution < -0.4 is 10.6 Å². The van der Waals surface area contributed by atoms with Gasteiger partial charge in [0.15, 0.2) is 0 Å². The predicted molar refractivity (Wildman–Crippen MR) is 124 cm³/mol. The number of benzene rings is 2. The molecule has 0 saturated heterocycles. The van der Waals surface area contributed by atoms with E-state index in [2.05, 4.69) is 22.8 Å². The third kappa shape index (κ3) is 4.87. The van der Waals surface area contributed by atoms with Crippen molar-refractivity contribution in [2.75, 3.05) is 13.2 Å². The number of fused-ring (bicyclic) bond motifs is 3. The molecule has 0 aliphatic heterocycles. The van der Waals surface area contributed by atoms with E-state index in [0.29, 0.717) is 19.3 Å². The van der Waals surface area contributed by atoms with Gasteiger partial charge in [-0.15, -0.1) is 0 Å². The molecule has 1 saturated carbocycles. The van der Waals surface area contributed by atoms with E-state index in [1.807, 2.05) is 50.2 Å². The summed E-state index contributed by atoms with van der Waals surface area (Å²) in [5.41, 5.74) is 3.66. The number of aliphatic carboxylic acids is 1. The fourth-order valence-electron chi connectivity index (χ4n) is 4.48. The van der Waals surface area contributed by atoms with Gasteiger partial charge in [0, 0.05) is 12.5 Å². The van der Waals surface area contributed by atoms with Gasteiger partial charge in [-0.25, -0.2) is 4.79 Å². The Kier molecular flexibility index (Phi) is 6.40. The van der Waals surface area contributed by atoms with Crippen molar-refractivity contribution in [1.29, 1.82) is 0 Å². The number of carboxylic acid groups (broad SMARTS) is 1. The molecule has 0 unspecified atom stereocenters. The van der Waals surface area contributed by atoms with Gasteiger partial charge in [-0.05, 0) is 47.4 Å². The van der Waals surface area contributed by atoms with Gasteiger partial charge in [0.25, 0.3) is 0 Å². The first-order valence-electron chi connectivity index (χ1n) is 11.4. The van der Waals surface area contributed by atoms with Gasteiger partial charge in [-0.2, -0.15) is 0 Å². The zero-order valence-corrected chi connectivity index (χ0v) is 19.0. The summed E-state index contributed by atoms with van der Waals surface area (Å²) >= 11 is 0. The van der Waals surface area contributed by atoms with E-state index in [9.17, 15) is 19.5 Å². The van der Waals surface area contributed by atoms with Crippen LogP contribution in [0.2, 0.25) is 0 Å². The minimum atomic E-state index is -0.896. The monoisotopic (exact) mass is 450 g/mol. The van der Waals surface area contributed by atoms with Gasteiger partial charge in [0.1, 0.15) is 12.6 Å². The Morgan fingerprint density at radius 1 is 1.03 bits per heavy atom. The molecule has 0 radical (unpaired) electrons. The van der Waals surface area contributed by atoms with Crippen molar-refractivity contribution in [3.63, 3.8) is 0 Å². The van der Waals surface area contributed by atoms with Crippen LogP contribution in [0.25, 0.3) is 11.1 Å². The number of amides is 2. The van der Waals surface area contributed by atoms with Crippen molar-refractivity contribution in [3.05, 3.63) is 59.7 Å². The Bertz CT molecular complexity index is 1010. The first kappa shape index (κ1) is 22.8. The van der Waals surface area contributed by atoms with Crippen LogP contribution in [-0.2, 0) is 14.3 Å². The molecule has 3 N–H and O–H groups in total. The van der Waals surface area contributed by atoms with Crippen molar-refractivity contribution in [3.8, 4) is 11.1 Å². The molecule has 0 aromatic heterocycles. The van der Waals surface area contributed by atoms with Crippen LogP contribution in [0.3, 0.4) is 0 Å². The fourth-order valence-corrected chi connectivity index (χ4v) is 4.48. The molecule has 1 fully saturated rings. The largest absolute Gasteiger partial charge is 0.481 e. The van der Waals surface area contributed by atoms with Crippen molar-refractivity contribution < 1.29 is 24.2 Å². The van der Waals surface area contributed by atoms with E-state index in [-0.39, 0.29) is 30.9 Å². The normalized spacial score (nSPS) is 16.5. The van der Waals surface area contributed by atoms with Gasteiger partial charge in [-0.1, -0.05) is 62.4 Å². The highest BCUT2D eigenvalue weighted by molar-refractivity contribution is 5.87. The average molecular weight is 451 g/mol. The molecule has 2 aromatic carbocycles. The molecule has 0 bridgehead atoms. The highest BCUT2D eigenvalue weighted by Gasteiger charge is 2.50. The summed E-state index contributed by atoms with van der Waals surface area (Å²) in [6.07, 6.45) is 0.877. The van der Waals surface area contributed by atoms with Crippen molar-refractivity contribution in [1.82, 2.24) is 10.6 Å². The molecule has 2 aromatic rings. The van der Waals surface area contributed by atoms with Crippen LogP contribution in [0.1, 0.15) is 50.2 Å². The number of carbonyl (C=O) groups excluding carboxylic acids is 2. The summed E-state index contributed by atoms with van der Waals surface area (Å²) < 4.78 is 5.57. The minimum Gasteiger partial charge on any atom is -0.481 e. The lowest BCUT2D eigenvalue weighted by Crippen LogP contribution is -2.49. The quantitative estimate of drug-likeness (QED) is 0.537. The maximum Gasteiger partial charge on any atom is 0.407 e. The van der Waals surface area contributed by atoms with E-state index in [0.717, 1.165) is 22.3 Å². The van der Waals surface area contributed by atoms with Crippen LogP contribution in [0, 0.1) is 11.3 Å². The summed E-state index contributed by atoms with van der Waals surface area (Å²) in [6.45, 7) is 4.15. The number of carbonyl (C=O) groups is 3. The number of nitrogens with one attached hydrogen (secondary N) is 2. The van der Waals surface area contributed by atoms with Crippen molar-refractivity contribution in [2.45, 2.75) is 45.1 Å². The summed E-state index contributed by atoms with van der Waals surface area (Å²) in [7, 11) is 0. The summed E-state index contributed by atoms with van der Waals surface area (Å²) in [4.78, 5) is 36.7. The van der Waals surface area contributed by atoms with Crippen molar-refractivity contribution >= 4 is 18.0 Å². The van der Waals surface area contributed by atoms with Crippen LogP contribution in [0.5, 0.6) is 0 Å². The van der Waals surface area contributed by atoms with E-state index < -0.39 is 23.5 Å². The minimum absolute atomic E-state index is 0.0641. The number of alkyl carbamates (subject to hydrolysis) is 1. The molecule has 2 aliphatic carbocycles. The number of hydrogen-bond acceptors (Lipinski definition) is 4. The fraction of sp³-hybridized carbons (Fsp3) is 0.423. The van der Waals surface area contributed by atoms with Crippen LogP contribution in [-0.4, -0.2) is 42.3 Å². The molecule has 174 valence electrons. The summed E-state index contributed by atoms with van der Waals surface area (Å²) in [6, 6.07) is 15.4. The van der Waals surface area contributed by atoms with Crippen LogP contribution in [0.15, 0.2) is 48.5 Å². The Balaban J connectivity index is 1.38. The first-order chi connectivity index (χ1) is 15.8. The molecule has 4 rings (SSSR count). The van der Waals surface area contributed by atoms with Crippen LogP contribution in [0.4, 0.5) is 4.79 Å². The molecule has 33 heavy (non-hydrogen) atoms. The van der Waals surface area contributed by atoms with Gasteiger partial charge in [0.2, 0.25) is 5.91 Å². The van der Waals surface area contributed by atoms with E-state index in [1.165, 1.54) is 0 Å². The molecule has 0 spiro atoms. The maximum atomic E-state index is 12.7. The lowest BCUT2D eigenvalue weighted by molar-refractivity contribution is -0.143. The van der Waals surface area contributed by atoms with Crippen molar-refractivity contribution in [2.24, 2.45) is 11.3 Å². The van der Waals surface area contributed by atoms with Gasteiger partial charge in [-0.3, -0.25) is 9.59 Å². The smallest absolute Gasteiger partial charge is 0.407 e. The lowest BCUT2D eigenvalue weighted by atomic mass is 9.98. The molecule has 0 heterocycles. The standard InChI is InChI=1S/C26H30N2O5/c1-16(2)13-22(23(29)27-15-26(11-12-26)24(30)31)28-25(32)33-14-21-19-9-5-3-7-17(19)18-8-4-6-10-20(18)21/h3-10,16,21-22H,11-15H2,1-2H3,(H,27,29)(H,28,32)(H,30,31)/t22-/m1/s1. The zero-order chi connectivity index (χ0) is 23.6. The topological polar surface area (TPSA) is 105 Å². The third-order valence-corrected chi connectivity index (χ3v) is 6.57. The molecular weight excluding hydrogens is 420 g/mol. The Morgan fingerprint density at radius 3 is 2.12 bits per heavy atom. The van der Waals surface area contributed by atoms with Crippen LogP contribution >= 0.6 is 0 Å². The second kappa shape index (κ2) is 9.25. The Hall–Kier alpha value is -3.35. The Morgan fingerprint density at radius 2 is 1.61 bits per heavy atom. The molecular formula is C26H30N2O5. The van der Waals surface area contributed by atoms with E-state index in [4.69, 9.17) is 4.74 Å².